The van der Waals surface area contributed by atoms with Crippen molar-refractivity contribution in [3.63, 3.8) is 0 Å². The normalized spacial score (nSPS) is 15.2. The van der Waals surface area contributed by atoms with Crippen molar-refractivity contribution in [2.45, 2.75) is 19.9 Å². The first-order chi connectivity index (χ1) is 15.4. The standard InChI is InChI=1S/C24H23N3O3S2/c1-15(2)27-23(28)21(32-24(27)31)13-17-14-26(18-8-6-5-7-9-18)25-22(17)16-10-11-19(29-3)20(12-16)30-4/h5-15H,1-4H3. The van der Waals surface area contributed by atoms with Crippen molar-refractivity contribution in [2.75, 3.05) is 14.2 Å². The quantitative estimate of drug-likeness (QED) is 0.370. The predicted molar refractivity (Wildman–Crippen MR) is 132 cm³/mol. The van der Waals surface area contributed by atoms with Crippen LogP contribution < -0.4 is 9.47 Å². The third-order valence-electron chi connectivity index (χ3n) is 5.05. The van der Waals surface area contributed by atoms with Gasteiger partial charge in [-0.3, -0.25) is 9.69 Å². The highest BCUT2D eigenvalue weighted by atomic mass is 32.2. The molecule has 1 aliphatic rings. The number of para-hydroxylation sites is 1. The van der Waals surface area contributed by atoms with Gasteiger partial charge in [0, 0.05) is 23.4 Å². The molecule has 1 amide bonds. The molecule has 3 aromatic rings. The van der Waals surface area contributed by atoms with Crippen molar-refractivity contribution in [2.24, 2.45) is 0 Å². The minimum atomic E-state index is -0.0827. The van der Waals surface area contributed by atoms with Crippen LogP contribution >= 0.6 is 24.0 Å². The number of carbonyl (C=O) groups excluding carboxylic acids is 1. The summed E-state index contributed by atoms with van der Waals surface area (Å²) in [7, 11) is 3.20. The number of benzene rings is 2. The summed E-state index contributed by atoms with van der Waals surface area (Å²) in [6.45, 7) is 3.91. The molecule has 1 aromatic heterocycles. The second kappa shape index (κ2) is 9.18. The summed E-state index contributed by atoms with van der Waals surface area (Å²) >= 11 is 6.75. The van der Waals surface area contributed by atoms with Crippen molar-refractivity contribution in [1.82, 2.24) is 14.7 Å². The van der Waals surface area contributed by atoms with E-state index in [1.54, 1.807) is 23.8 Å². The van der Waals surface area contributed by atoms with Gasteiger partial charge in [0.15, 0.2) is 11.5 Å². The summed E-state index contributed by atoms with van der Waals surface area (Å²) in [5.74, 6) is 1.16. The van der Waals surface area contributed by atoms with Gasteiger partial charge in [0.05, 0.1) is 24.8 Å². The molecular weight excluding hydrogens is 442 g/mol. The molecule has 0 atom stereocenters. The van der Waals surface area contributed by atoms with Crippen molar-refractivity contribution in [3.8, 4) is 28.4 Å². The molecule has 0 saturated carbocycles. The van der Waals surface area contributed by atoms with E-state index in [1.165, 1.54) is 11.8 Å². The minimum absolute atomic E-state index is 0.00533. The van der Waals surface area contributed by atoms with Crippen LogP contribution in [0, 0.1) is 0 Å². The summed E-state index contributed by atoms with van der Waals surface area (Å²) in [5, 5.41) is 4.83. The number of methoxy groups -OCH3 is 2. The fourth-order valence-electron chi connectivity index (χ4n) is 3.48. The Labute approximate surface area is 196 Å². The van der Waals surface area contributed by atoms with Gasteiger partial charge in [-0.1, -0.05) is 42.2 Å². The van der Waals surface area contributed by atoms with Crippen LogP contribution in [-0.2, 0) is 4.79 Å². The number of aromatic nitrogens is 2. The van der Waals surface area contributed by atoms with E-state index in [0.717, 1.165) is 22.5 Å². The van der Waals surface area contributed by atoms with Gasteiger partial charge in [-0.25, -0.2) is 4.68 Å². The Morgan fingerprint density at radius 2 is 1.78 bits per heavy atom. The SMILES string of the molecule is COc1ccc(-c2nn(-c3ccccc3)cc2C=C2SC(=S)N(C(C)C)C2=O)cc1OC. The number of rotatable bonds is 6. The molecular formula is C24H23N3O3S2. The lowest BCUT2D eigenvalue weighted by molar-refractivity contribution is -0.123. The number of thioether (sulfide) groups is 1. The maximum Gasteiger partial charge on any atom is 0.266 e. The van der Waals surface area contributed by atoms with Gasteiger partial charge in [0.2, 0.25) is 0 Å². The molecule has 2 heterocycles. The fraction of sp³-hybridized carbons (Fsp3) is 0.208. The molecule has 8 heteroatoms. The molecule has 164 valence electrons. The Morgan fingerprint density at radius 1 is 1.06 bits per heavy atom. The number of hydrogen-bond acceptors (Lipinski definition) is 6. The zero-order valence-corrected chi connectivity index (χ0v) is 19.9. The molecule has 0 unspecified atom stereocenters. The molecule has 0 N–H and O–H groups in total. The molecule has 0 bridgehead atoms. The summed E-state index contributed by atoms with van der Waals surface area (Å²) < 4.78 is 13.2. The third kappa shape index (κ3) is 4.16. The van der Waals surface area contributed by atoms with E-state index in [0.29, 0.717) is 20.7 Å². The van der Waals surface area contributed by atoms with Crippen LogP contribution in [0.4, 0.5) is 0 Å². The molecule has 6 nitrogen and oxygen atoms in total. The van der Waals surface area contributed by atoms with E-state index in [2.05, 4.69) is 0 Å². The molecule has 32 heavy (non-hydrogen) atoms. The number of ether oxygens (including phenoxy) is 2. The Bertz CT molecular complexity index is 1200. The molecule has 2 aromatic carbocycles. The lowest BCUT2D eigenvalue weighted by Gasteiger charge is -2.18. The summed E-state index contributed by atoms with van der Waals surface area (Å²) in [6.07, 6.45) is 3.78. The Hall–Kier alpha value is -3.10. The number of nitrogens with zero attached hydrogens (tertiary/aromatic N) is 3. The minimum Gasteiger partial charge on any atom is -0.493 e. The van der Waals surface area contributed by atoms with Crippen molar-refractivity contribution in [3.05, 3.63) is 65.2 Å². The molecule has 0 aliphatic carbocycles. The summed E-state index contributed by atoms with van der Waals surface area (Å²) in [6, 6.07) is 15.5. The lowest BCUT2D eigenvalue weighted by Crippen LogP contribution is -2.34. The number of amides is 1. The predicted octanol–water partition coefficient (Wildman–Crippen LogP) is 5.17. The van der Waals surface area contributed by atoms with Gasteiger partial charge in [0.1, 0.15) is 10.0 Å². The summed E-state index contributed by atoms with van der Waals surface area (Å²) in [5.41, 5.74) is 3.31. The second-order valence-corrected chi connectivity index (χ2v) is 9.10. The fourth-order valence-corrected chi connectivity index (χ4v) is 4.99. The second-order valence-electron chi connectivity index (χ2n) is 7.43. The van der Waals surface area contributed by atoms with Gasteiger partial charge < -0.3 is 9.47 Å². The maximum atomic E-state index is 13.0. The molecule has 4 rings (SSSR count). The van der Waals surface area contributed by atoms with Gasteiger partial charge in [-0.2, -0.15) is 5.10 Å². The maximum absolute atomic E-state index is 13.0. The first-order valence-corrected chi connectivity index (χ1v) is 11.3. The first-order valence-electron chi connectivity index (χ1n) is 10.1. The molecule has 1 aliphatic heterocycles. The van der Waals surface area contributed by atoms with Gasteiger partial charge in [-0.15, -0.1) is 0 Å². The van der Waals surface area contributed by atoms with E-state index >= 15 is 0 Å². The van der Waals surface area contributed by atoms with Crippen molar-refractivity contribution < 1.29 is 14.3 Å². The van der Waals surface area contributed by atoms with Gasteiger partial charge in [-0.05, 0) is 50.3 Å². The Morgan fingerprint density at radius 3 is 2.41 bits per heavy atom. The average molecular weight is 466 g/mol. The van der Waals surface area contributed by atoms with Crippen LogP contribution in [0.1, 0.15) is 19.4 Å². The first kappa shape index (κ1) is 22.1. The highest BCUT2D eigenvalue weighted by molar-refractivity contribution is 8.26. The lowest BCUT2D eigenvalue weighted by atomic mass is 10.1. The van der Waals surface area contributed by atoms with E-state index in [1.807, 2.05) is 74.7 Å². The monoisotopic (exact) mass is 465 g/mol. The van der Waals surface area contributed by atoms with Gasteiger partial charge in [0.25, 0.3) is 5.91 Å². The summed E-state index contributed by atoms with van der Waals surface area (Å²) in [4.78, 5) is 15.2. The number of carbonyl (C=O) groups is 1. The van der Waals surface area contributed by atoms with Crippen LogP contribution in [0.3, 0.4) is 0 Å². The molecule has 0 spiro atoms. The highest BCUT2D eigenvalue weighted by Gasteiger charge is 2.34. The van der Waals surface area contributed by atoms with E-state index < -0.39 is 0 Å². The van der Waals surface area contributed by atoms with E-state index in [9.17, 15) is 4.79 Å². The van der Waals surface area contributed by atoms with Crippen LogP contribution in [-0.4, -0.2) is 45.2 Å². The third-order valence-corrected chi connectivity index (χ3v) is 6.38. The molecule has 1 fully saturated rings. The van der Waals surface area contributed by atoms with E-state index in [4.69, 9.17) is 26.8 Å². The average Bonchev–Trinajstić information content (AvgIpc) is 3.34. The smallest absolute Gasteiger partial charge is 0.266 e. The number of hydrogen-bond donors (Lipinski definition) is 0. The topological polar surface area (TPSA) is 56.6 Å². The van der Waals surface area contributed by atoms with Crippen LogP contribution in [0.5, 0.6) is 11.5 Å². The van der Waals surface area contributed by atoms with Crippen molar-refractivity contribution in [1.29, 1.82) is 0 Å². The Kier molecular flexibility index (Phi) is 6.34. The van der Waals surface area contributed by atoms with Crippen LogP contribution in [0.2, 0.25) is 0 Å². The zero-order valence-electron chi connectivity index (χ0n) is 18.2. The molecule has 1 saturated heterocycles. The molecule has 0 radical (unpaired) electrons. The Balaban J connectivity index is 1.84. The van der Waals surface area contributed by atoms with E-state index in [-0.39, 0.29) is 11.9 Å². The van der Waals surface area contributed by atoms with Crippen LogP contribution in [0.25, 0.3) is 23.0 Å². The van der Waals surface area contributed by atoms with Crippen molar-refractivity contribution >= 4 is 40.3 Å². The zero-order chi connectivity index (χ0) is 22.8. The number of thiocarbonyl (C=S) groups is 1. The van der Waals surface area contributed by atoms with Gasteiger partial charge >= 0.3 is 0 Å². The highest BCUT2D eigenvalue weighted by Crippen LogP contribution is 2.37. The largest absolute Gasteiger partial charge is 0.493 e. The van der Waals surface area contributed by atoms with Crippen LogP contribution in [0.15, 0.2) is 59.6 Å².